The smallest absolute Gasteiger partial charge is 0.321 e. The maximum Gasteiger partial charge on any atom is 0.321 e. The standard InChI is InChI=1S/C31H37N3O3S/c1-3-7-22(8-4-2)23-13-11-21(12-14-23)16-33-18-26(25-9-5-6-10-28(25)33)27-20-38-30(32-27)19-34-17-24(35)15-29(34)31(36)37/h5-6,9-14,18,20,22,24,29,35H,3-4,7-8,15-17,19H2,1-2H3,(H,36,37)/t24-,29+/m1/s1. The van der Waals surface area contributed by atoms with E-state index in [2.05, 4.69) is 78.5 Å². The highest BCUT2D eigenvalue weighted by molar-refractivity contribution is 7.09. The first-order valence-corrected chi connectivity index (χ1v) is 14.6. The van der Waals surface area contributed by atoms with Crippen LogP contribution in [0.2, 0.25) is 0 Å². The van der Waals surface area contributed by atoms with Crippen LogP contribution < -0.4 is 0 Å². The fourth-order valence-corrected chi connectivity index (χ4v) is 6.66. The van der Waals surface area contributed by atoms with Gasteiger partial charge >= 0.3 is 5.97 Å². The van der Waals surface area contributed by atoms with Crippen LogP contribution in [-0.2, 0) is 17.9 Å². The third kappa shape index (κ3) is 5.70. The van der Waals surface area contributed by atoms with Gasteiger partial charge in [-0.1, -0.05) is 69.2 Å². The Morgan fingerprint density at radius 2 is 1.82 bits per heavy atom. The first kappa shape index (κ1) is 26.6. The molecule has 5 rings (SSSR count). The fourth-order valence-electron chi connectivity index (χ4n) is 5.84. The summed E-state index contributed by atoms with van der Waals surface area (Å²) in [6.07, 6.45) is 6.75. The summed E-state index contributed by atoms with van der Waals surface area (Å²) >= 11 is 1.54. The van der Waals surface area contributed by atoms with E-state index in [1.807, 2.05) is 4.90 Å². The second-order valence-corrected chi connectivity index (χ2v) is 11.4. The number of carbonyl (C=O) groups is 1. The van der Waals surface area contributed by atoms with Gasteiger partial charge < -0.3 is 14.8 Å². The highest BCUT2D eigenvalue weighted by Gasteiger charge is 2.36. The molecule has 2 aromatic heterocycles. The third-order valence-corrected chi connectivity index (χ3v) is 8.53. The number of aliphatic carboxylic acids is 1. The van der Waals surface area contributed by atoms with E-state index in [0.29, 0.717) is 19.0 Å². The molecule has 1 aliphatic rings. The molecule has 7 heteroatoms. The molecule has 1 saturated heterocycles. The van der Waals surface area contributed by atoms with E-state index in [1.54, 1.807) is 11.3 Å². The number of thiazole rings is 1. The van der Waals surface area contributed by atoms with Crippen LogP contribution in [0.5, 0.6) is 0 Å². The average Bonchev–Trinajstić information content (AvgIpc) is 3.62. The largest absolute Gasteiger partial charge is 0.480 e. The summed E-state index contributed by atoms with van der Waals surface area (Å²) in [5, 5.41) is 23.6. The Kier molecular flexibility index (Phi) is 8.27. The summed E-state index contributed by atoms with van der Waals surface area (Å²) in [5.74, 6) is -0.243. The van der Waals surface area contributed by atoms with Gasteiger partial charge in [-0.3, -0.25) is 9.69 Å². The zero-order chi connectivity index (χ0) is 26.6. The summed E-state index contributed by atoms with van der Waals surface area (Å²) in [6.45, 7) is 6.11. The van der Waals surface area contributed by atoms with Crippen LogP contribution >= 0.6 is 11.3 Å². The van der Waals surface area contributed by atoms with Gasteiger partial charge in [-0.15, -0.1) is 11.3 Å². The minimum atomic E-state index is -0.888. The van der Waals surface area contributed by atoms with Gasteiger partial charge in [0.15, 0.2) is 0 Å². The number of nitrogens with zero attached hydrogens (tertiary/aromatic N) is 3. The molecule has 3 heterocycles. The number of rotatable bonds is 11. The number of benzene rings is 2. The van der Waals surface area contributed by atoms with Crippen molar-refractivity contribution in [1.29, 1.82) is 0 Å². The Balaban J connectivity index is 1.37. The number of carboxylic acid groups (broad SMARTS) is 1. The van der Waals surface area contributed by atoms with Gasteiger partial charge in [0.2, 0.25) is 0 Å². The lowest BCUT2D eigenvalue weighted by molar-refractivity contribution is -0.142. The number of para-hydroxylation sites is 1. The van der Waals surface area contributed by atoms with E-state index in [4.69, 9.17) is 4.98 Å². The first-order valence-electron chi connectivity index (χ1n) is 13.7. The van der Waals surface area contributed by atoms with Crippen LogP contribution in [0.4, 0.5) is 0 Å². The molecule has 38 heavy (non-hydrogen) atoms. The fraction of sp³-hybridized carbons (Fsp3) is 0.419. The third-order valence-electron chi connectivity index (χ3n) is 7.70. The Labute approximate surface area is 228 Å². The van der Waals surface area contributed by atoms with Gasteiger partial charge in [-0.2, -0.15) is 0 Å². The Hall–Kier alpha value is -3.00. The molecular weight excluding hydrogens is 494 g/mol. The van der Waals surface area contributed by atoms with Crippen LogP contribution in [-0.4, -0.2) is 49.3 Å². The monoisotopic (exact) mass is 531 g/mol. The van der Waals surface area contributed by atoms with Crippen molar-refractivity contribution in [1.82, 2.24) is 14.5 Å². The number of likely N-dealkylation sites (tertiary alicyclic amines) is 1. The Morgan fingerprint density at radius 3 is 2.53 bits per heavy atom. The van der Waals surface area contributed by atoms with Crippen LogP contribution in [0.3, 0.4) is 0 Å². The van der Waals surface area contributed by atoms with E-state index in [-0.39, 0.29) is 6.42 Å². The molecule has 200 valence electrons. The zero-order valence-corrected chi connectivity index (χ0v) is 23.0. The molecule has 2 aromatic carbocycles. The number of aliphatic hydroxyl groups excluding tert-OH is 1. The van der Waals surface area contributed by atoms with E-state index in [1.165, 1.54) is 42.3 Å². The predicted octanol–water partition coefficient (Wildman–Crippen LogP) is 6.52. The van der Waals surface area contributed by atoms with Crippen LogP contribution in [0.15, 0.2) is 60.1 Å². The zero-order valence-electron chi connectivity index (χ0n) is 22.2. The Morgan fingerprint density at radius 1 is 1.08 bits per heavy atom. The Bertz CT molecular complexity index is 1370. The highest BCUT2D eigenvalue weighted by atomic mass is 32.1. The number of aromatic nitrogens is 2. The molecule has 6 nitrogen and oxygen atoms in total. The van der Waals surface area contributed by atoms with Crippen molar-refractivity contribution in [3.8, 4) is 11.3 Å². The molecule has 0 aliphatic carbocycles. The molecular formula is C31H37N3O3S. The van der Waals surface area contributed by atoms with Gasteiger partial charge in [0.05, 0.1) is 18.3 Å². The molecule has 2 atom stereocenters. The van der Waals surface area contributed by atoms with Crippen molar-refractivity contribution < 1.29 is 15.0 Å². The van der Waals surface area contributed by atoms with E-state index >= 15 is 0 Å². The molecule has 0 radical (unpaired) electrons. The average molecular weight is 532 g/mol. The van der Waals surface area contributed by atoms with E-state index in [9.17, 15) is 15.0 Å². The van der Waals surface area contributed by atoms with Crippen LogP contribution in [0, 0.1) is 0 Å². The molecule has 1 fully saturated rings. The second-order valence-electron chi connectivity index (χ2n) is 10.5. The number of hydrogen-bond acceptors (Lipinski definition) is 5. The summed E-state index contributed by atoms with van der Waals surface area (Å²) in [4.78, 5) is 18.3. The molecule has 0 saturated carbocycles. The summed E-state index contributed by atoms with van der Waals surface area (Å²) < 4.78 is 2.30. The normalized spacial score (nSPS) is 18.1. The molecule has 4 aromatic rings. The van der Waals surface area contributed by atoms with Crippen molar-refractivity contribution in [3.05, 3.63) is 76.2 Å². The molecule has 0 spiro atoms. The van der Waals surface area contributed by atoms with Gasteiger partial charge in [0.1, 0.15) is 11.0 Å². The SMILES string of the molecule is CCCC(CCC)c1ccc(Cn2cc(-c3csc(CN4C[C@H](O)C[C@H]4C(=O)O)n3)c3ccccc32)cc1. The minimum Gasteiger partial charge on any atom is -0.480 e. The summed E-state index contributed by atoms with van der Waals surface area (Å²) in [7, 11) is 0. The number of fused-ring (bicyclic) bond motifs is 1. The summed E-state index contributed by atoms with van der Waals surface area (Å²) in [6, 6.07) is 16.9. The van der Waals surface area contributed by atoms with Crippen molar-refractivity contribution in [2.24, 2.45) is 0 Å². The van der Waals surface area contributed by atoms with Crippen molar-refractivity contribution in [3.63, 3.8) is 0 Å². The molecule has 0 unspecified atom stereocenters. The van der Waals surface area contributed by atoms with Crippen molar-refractivity contribution in [2.75, 3.05) is 6.54 Å². The highest BCUT2D eigenvalue weighted by Crippen LogP contribution is 2.33. The van der Waals surface area contributed by atoms with Gasteiger partial charge in [0, 0.05) is 47.6 Å². The van der Waals surface area contributed by atoms with Crippen molar-refractivity contribution in [2.45, 2.75) is 77.1 Å². The molecule has 2 N–H and O–H groups in total. The number of β-amino-alcohol motifs (C(OH)–C–C–N with tert-alkyl or cyclic N) is 1. The lowest BCUT2D eigenvalue weighted by Crippen LogP contribution is -2.35. The number of hydrogen-bond donors (Lipinski definition) is 2. The van der Waals surface area contributed by atoms with E-state index in [0.717, 1.165) is 28.2 Å². The van der Waals surface area contributed by atoms with E-state index < -0.39 is 18.1 Å². The molecule has 0 amide bonds. The number of carboxylic acids is 1. The van der Waals surface area contributed by atoms with Crippen molar-refractivity contribution >= 4 is 28.2 Å². The maximum atomic E-state index is 11.6. The predicted molar refractivity (Wildman–Crippen MR) is 154 cm³/mol. The van der Waals surface area contributed by atoms with Crippen LogP contribution in [0.1, 0.15) is 68.0 Å². The van der Waals surface area contributed by atoms with Gasteiger partial charge in [0.25, 0.3) is 0 Å². The molecule has 0 bridgehead atoms. The van der Waals surface area contributed by atoms with Gasteiger partial charge in [-0.25, -0.2) is 4.98 Å². The minimum absolute atomic E-state index is 0.264. The van der Waals surface area contributed by atoms with Crippen LogP contribution in [0.25, 0.3) is 22.2 Å². The summed E-state index contributed by atoms with van der Waals surface area (Å²) in [5.41, 5.74) is 5.88. The first-order chi connectivity index (χ1) is 18.5. The van der Waals surface area contributed by atoms with Gasteiger partial charge in [-0.05, 0) is 36.0 Å². The topological polar surface area (TPSA) is 78.6 Å². The second kappa shape index (κ2) is 11.8. The lowest BCUT2D eigenvalue weighted by Gasteiger charge is -2.18. The lowest BCUT2D eigenvalue weighted by atomic mass is 9.90. The molecule has 1 aliphatic heterocycles. The quantitative estimate of drug-likeness (QED) is 0.230. The maximum absolute atomic E-state index is 11.6. The number of aliphatic hydroxyl groups is 1.